The molecular formula is C42H27FN4PtS. The number of hydrogen-bond donors (Lipinski definition) is 0. The van der Waals surface area contributed by atoms with Gasteiger partial charge in [0.2, 0.25) is 0 Å². The smallest absolute Gasteiger partial charge is 0.340 e. The van der Waals surface area contributed by atoms with Gasteiger partial charge in [-0.3, -0.25) is 4.98 Å². The maximum atomic E-state index is 16.8. The Morgan fingerprint density at radius 2 is 1.49 bits per heavy atom. The molecule has 5 aromatic carbocycles. The van der Waals surface area contributed by atoms with Gasteiger partial charge in [0.1, 0.15) is 12.0 Å². The number of nitrogens with zero attached hydrogens (tertiary/aromatic N) is 4. The summed E-state index contributed by atoms with van der Waals surface area (Å²) in [6.07, 6.45) is 4.08. The van der Waals surface area contributed by atoms with Crippen LogP contribution >= 0.6 is 11.8 Å². The molecule has 1 unspecified atom stereocenters. The predicted molar refractivity (Wildman–Crippen MR) is 192 cm³/mol. The van der Waals surface area contributed by atoms with E-state index in [0.29, 0.717) is 11.1 Å². The maximum absolute atomic E-state index is 16.8. The number of aromatic nitrogens is 4. The molecule has 4 nitrogen and oxygen atoms in total. The molecule has 9 aromatic rings. The summed E-state index contributed by atoms with van der Waals surface area (Å²) in [6, 6.07) is 42.0. The third-order valence-corrected chi connectivity index (χ3v) is 11.2. The molecule has 0 fully saturated rings. The largest absolute Gasteiger partial charge is 2.00 e. The quantitative estimate of drug-likeness (QED) is 0.131. The van der Waals surface area contributed by atoms with Crippen molar-refractivity contribution < 1.29 is 25.5 Å². The molecule has 49 heavy (non-hydrogen) atoms. The van der Waals surface area contributed by atoms with Crippen LogP contribution in [-0.4, -0.2) is 18.9 Å². The Morgan fingerprint density at radius 1 is 0.714 bits per heavy atom. The topological polar surface area (TPSA) is 35.1 Å². The number of fused-ring (bicyclic) bond motifs is 12. The average molecular weight is 834 g/mol. The van der Waals surface area contributed by atoms with E-state index in [1.807, 2.05) is 70.9 Å². The number of benzene rings is 5. The summed E-state index contributed by atoms with van der Waals surface area (Å²) in [7, 11) is 0. The minimum atomic E-state index is -1.44. The van der Waals surface area contributed by atoms with Crippen LogP contribution in [0.4, 0.5) is 4.39 Å². The summed E-state index contributed by atoms with van der Waals surface area (Å²) in [5, 5.41) is 5.05. The number of alkyl halides is 1. The number of rotatable bonds is 3. The normalized spacial score (nSPS) is 14.3. The molecule has 5 heterocycles. The van der Waals surface area contributed by atoms with Gasteiger partial charge in [-0.15, -0.1) is 29.1 Å². The molecule has 238 valence electrons. The van der Waals surface area contributed by atoms with E-state index in [2.05, 4.69) is 90.1 Å². The van der Waals surface area contributed by atoms with E-state index in [9.17, 15) is 0 Å². The minimum Gasteiger partial charge on any atom is -0.340 e. The van der Waals surface area contributed by atoms with Gasteiger partial charge in [0, 0.05) is 44.8 Å². The van der Waals surface area contributed by atoms with Crippen LogP contribution in [0.1, 0.15) is 42.3 Å². The second-order valence-corrected chi connectivity index (χ2v) is 14.0. The SMILES string of the molecule is CC1(C)c2ccccc2Sc2c1ccc1c2c2ccc(C(F)c3[c-]c4c(cc3)c3ccccc3n3ccnc43)[c-]c2n1-c1ccccn1.[Pt+2]. The van der Waals surface area contributed by atoms with Crippen molar-refractivity contribution in [3.05, 3.63) is 156 Å². The van der Waals surface area contributed by atoms with Crippen LogP contribution in [0.2, 0.25) is 0 Å². The molecule has 0 spiro atoms. The van der Waals surface area contributed by atoms with E-state index in [-0.39, 0.29) is 26.5 Å². The molecule has 7 heteroatoms. The Hall–Kier alpha value is -4.77. The number of halogens is 1. The fourth-order valence-corrected chi connectivity index (χ4v) is 9.18. The van der Waals surface area contributed by atoms with Crippen LogP contribution in [-0.2, 0) is 26.5 Å². The molecule has 1 aliphatic rings. The summed E-state index contributed by atoms with van der Waals surface area (Å²) in [5.41, 5.74) is 7.00. The number of pyridine rings is 2. The Kier molecular flexibility index (Phi) is 6.88. The Morgan fingerprint density at radius 3 is 2.35 bits per heavy atom. The third kappa shape index (κ3) is 4.33. The molecule has 1 atom stereocenters. The van der Waals surface area contributed by atoms with E-state index >= 15 is 4.39 Å². The van der Waals surface area contributed by atoms with Gasteiger partial charge in [-0.25, -0.2) is 9.37 Å². The summed E-state index contributed by atoms with van der Waals surface area (Å²) >= 11 is 1.81. The second kappa shape index (κ2) is 11.1. The van der Waals surface area contributed by atoms with Crippen molar-refractivity contribution in [2.45, 2.75) is 35.2 Å². The summed E-state index contributed by atoms with van der Waals surface area (Å²) in [6.45, 7) is 4.60. The van der Waals surface area contributed by atoms with Gasteiger partial charge in [-0.2, -0.15) is 18.2 Å². The Labute approximate surface area is 300 Å². The zero-order chi connectivity index (χ0) is 32.1. The minimum absolute atomic E-state index is 0. The van der Waals surface area contributed by atoms with Crippen molar-refractivity contribution >= 4 is 60.9 Å². The monoisotopic (exact) mass is 833 g/mol. The molecule has 0 radical (unpaired) electrons. The predicted octanol–water partition coefficient (Wildman–Crippen LogP) is 10.6. The standard InChI is InChI=1S/C42H27FN4S.Pt/c1-42(2)31-10-4-6-12-36(31)48-40-32(42)18-19-34-38(40)29-17-15-26(24-35(29)47(34)37-13-7-8-20-44-37)39(43)25-14-16-27-28-9-3-5-11-33(28)46-22-21-45-41(46)30(27)23-25;/h3-22,39H,1-2H3;/q-2;+2. The Balaban J connectivity index is 0.00000325. The first kappa shape index (κ1) is 30.3. The fourth-order valence-electron chi connectivity index (χ4n) is 7.63. The zero-order valence-electron chi connectivity index (χ0n) is 26.5. The van der Waals surface area contributed by atoms with Crippen LogP contribution in [0, 0.1) is 12.1 Å². The fraction of sp³-hybridized carbons (Fsp3) is 0.0952. The van der Waals surface area contributed by atoms with Gasteiger partial charge in [-0.05, 0) is 52.2 Å². The molecule has 10 rings (SSSR count). The van der Waals surface area contributed by atoms with Crippen molar-refractivity contribution in [3.63, 3.8) is 0 Å². The summed E-state index contributed by atoms with van der Waals surface area (Å²) in [4.78, 5) is 11.9. The van der Waals surface area contributed by atoms with Gasteiger partial charge in [0.15, 0.2) is 0 Å². The van der Waals surface area contributed by atoms with E-state index < -0.39 is 6.17 Å². The van der Waals surface area contributed by atoms with Crippen LogP contribution in [0.5, 0.6) is 0 Å². The van der Waals surface area contributed by atoms with Crippen molar-refractivity contribution in [1.82, 2.24) is 18.9 Å². The molecule has 0 aliphatic carbocycles. The molecule has 0 saturated carbocycles. The van der Waals surface area contributed by atoms with Crippen molar-refractivity contribution in [2.75, 3.05) is 0 Å². The molecular weight excluding hydrogens is 807 g/mol. The zero-order valence-corrected chi connectivity index (χ0v) is 29.6. The van der Waals surface area contributed by atoms with E-state index in [4.69, 9.17) is 4.98 Å². The van der Waals surface area contributed by atoms with Crippen molar-refractivity contribution in [3.8, 4) is 5.82 Å². The van der Waals surface area contributed by atoms with E-state index in [1.54, 1.807) is 12.4 Å². The van der Waals surface area contributed by atoms with Crippen LogP contribution < -0.4 is 0 Å². The van der Waals surface area contributed by atoms with Gasteiger partial charge in [-0.1, -0.05) is 96.0 Å². The first-order valence-corrected chi connectivity index (χ1v) is 16.9. The average Bonchev–Trinajstić information content (AvgIpc) is 3.75. The van der Waals surface area contributed by atoms with Crippen molar-refractivity contribution in [2.24, 2.45) is 0 Å². The number of para-hydroxylation sites is 1. The molecule has 0 bridgehead atoms. The number of imidazole rings is 1. The number of hydrogen-bond acceptors (Lipinski definition) is 3. The molecule has 0 saturated heterocycles. The second-order valence-electron chi connectivity index (χ2n) is 13.0. The van der Waals surface area contributed by atoms with Gasteiger partial charge < -0.3 is 8.97 Å². The van der Waals surface area contributed by atoms with Crippen molar-refractivity contribution in [1.29, 1.82) is 0 Å². The van der Waals surface area contributed by atoms with Gasteiger partial charge in [0.05, 0.1) is 5.65 Å². The summed E-state index contributed by atoms with van der Waals surface area (Å²) in [5.74, 6) is 0.771. The van der Waals surface area contributed by atoms with Crippen LogP contribution in [0.25, 0.3) is 54.9 Å². The Bertz CT molecular complexity index is 2770. The van der Waals surface area contributed by atoms with Gasteiger partial charge >= 0.3 is 21.1 Å². The third-order valence-electron chi connectivity index (χ3n) is 9.97. The van der Waals surface area contributed by atoms with Crippen LogP contribution in [0.15, 0.2) is 132 Å². The maximum Gasteiger partial charge on any atom is 2.00 e. The van der Waals surface area contributed by atoms with Crippen LogP contribution in [0.3, 0.4) is 0 Å². The van der Waals surface area contributed by atoms with E-state index in [0.717, 1.165) is 54.9 Å². The first-order valence-electron chi connectivity index (χ1n) is 16.1. The van der Waals surface area contributed by atoms with E-state index in [1.165, 1.54) is 20.9 Å². The molecule has 1 aliphatic heterocycles. The molecule has 4 aromatic heterocycles. The summed E-state index contributed by atoms with van der Waals surface area (Å²) < 4.78 is 20.9. The van der Waals surface area contributed by atoms with Gasteiger partial charge in [0.25, 0.3) is 0 Å². The molecule has 0 N–H and O–H groups in total. The molecule has 0 amide bonds. The first-order chi connectivity index (χ1) is 23.5.